The van der Waals surface area contributed by atoms with E-state index in [2.05, 4.69) is 13.8 Å². The highest BCUT2D eigenvalue weighted by Crippen LogP contribution is 2.28. The first-order valence-corrected chi connectivity index (χ1v) is 5.49. The van der Waals surface area contributed by atoms with Crippen LogP contribution in [0.5, 0.6) is 5.75 Å². The normalized spacial score (nSPS) is 12.7. The minimum Gasteiger partial charge on any atom is -0.508 e. The van der Waals surface area contributed by atoms with Gasteiger partial charge in [-0.2, -0.15) is 0 Å². The largest absolute Gasteiger partial charge is 0.508 e. The summed E-state index contributed by atoms with van der Waals surface area (Å²) in [6, 6.07) is 6.80. The van der Waals surface area contributed by atoms with Gasteiger partial charge in [0.15, 0.2) is 0 Å². The summed E-state index contributed by atoms with van der Waals surface area (Å²) in [7, 11) is 0. The van der Waals surface area contributed by atoms with Crippen molar-refractivity contribution in [2.24, 2.45) is 5.92 Å². The fourth-order valence-electron chi connectivity index (χ4n) is 1.86. The van der Waals surface area contributed by atoms with Crippen molar-refractivity contribution in [1.29, 1.82) is 0 Å². The monoisotopic (exact) mass is 222 g/mol. The van der Waals surface area contributed by atoms with Crippen molar-refractivity contribution in [3.8, 4) is 5.75 Å². The molecular weight excluding hydrogens is 204 g/mol. The highest BCUT2D eigenvalue weighted by atomic mass is 16.4. The molecule has 0 saturated heterocycles. The van der Waals surface area contributed by atoms with Crippen LogP contribution in [0.1, 0.15) is 38.2 Å². The highest BCUT2D eigenvalue weighted by Gasteiger charge is 2.16. The van der Waals surface area contributed by atoms with Crippen molar-refractivity contribution in [3.63, 3.8) is 0 Å². The summed E-state index contributed by atoms with van der Waals surface area (Å²) in [6.07, 6.45) is 0.986. The molecule has 0 aliphatic rings. The van der Waals surface area contributed by atoms with Gasteiger partial charge in [0.05, 0.1) is 6.42 Å². The van der Waals surface area contributed by atoms with Crippen LogP contribution in [0.3, 0.4) is 0 Å². The summed E-state index contributed by atoms with van der Waals surface area (Å²) in [5.41, 5.74) is 0.980. The molecule has 3 heteroatoms. The molecule has 0 saturated carbocycles. The second-order valence-electron chi connectivity index (χ2n) is 4.52. The first-order chi connectivity index (χ1) is 7.49. The van der Waals surface area contributed by atoms with Crippen LogP contribution in [0.4, 0.5) is 0 Å². The van der Waals surface area contributed by atoms with Crippen LogP contribution in [0.2, 0.25) is 0 Å². The Kier molecular flexibility index (Phi) is 4.35. The zero-order valence-electron chi connectivity index (χ0n) is 9.68. The summed E-state index contributed by atoms with van der Waals surface area (Å²) in [5, 5.41) is 18.0. The number of phenols is 1. The Morgan fingerprint density at radius 2 is 1.81 bits per heavy atom. The number of rotatable bonds is 5. The van der Waals surface area contributed by atoms with Gasteiger partial charge in [-0.25, -0.2) is 0 Å². The predicted octanol–water partition coefficient (Wildman–Crippen LogP) is 3.00. The van der Waals surface area contributed by atoms with Gasteiger partial charge in [-0.05, 0) is 36.0 Å². The van der Waals surface area contributed by atoms with Gasteiger partial charge in [-0.3, -0.25) is 4.79 Å². The second kappa shape index (κ2) is 5.54. The lowest BCUT2D eigenvalue weighted by atomic mass is 9.88. The zero-order chi connectivity index (χ0) is 12.1. The second-order valence-corrected chi connectivity index (χ2v) is 4.52. The van der Waals surface area contributed by atoms with Gasteiger partial charge in [-0.1, -0.05) is 26.0 Å². The molecule has 1 aromatic carbocycles. The van der Waals surface area contributed by atoms with Crippen molar-refractivity contribution in [3.05, 3.63) is 29.8 Å². The molecule has 0 aliphatic carbocycles. The van der Waals surface area contributed by atoms with Crippen LogP contribution in [-0.2, 0) is 4.79 Å². The van der Waals surface area contributed by atoms with Gasteiger partial charge in [0.2, 0.25) is 0 Å². The Balaban J connectivity index is 2.82. The number of carboxylic acid groups (broad SMARTS) is 1. The molecule has 1 unspecified atom stereocenters. The minimum absolute atomic E-state index is 0.0260. The summed E-state index contributed by atoms with van der Waals surface area (Å²) in [5.74, 6) is -0.0858. The first kappa shape index (κ1) is 12.6. The van der Waals surface area contributed by atoms with Gasteiger partial charge in [0, 0.05) is 0 Å². The number of hydrogen-bond donors (Lipinski definition) is 2. The number of aromatic hydroxyl groups is 1. The number of carboxylic acids is 1. The van der Waals surface area contributed by atoms with Crippen molar-refractivity contribution in [2.45, 2.75) is 32.6 Å². The summed E-state index contributed by atoms with van der Waals surface area (Å²) in [4.78, 5) is 10.8. The lowest BCUT2D eigenvalue weighted by Gasteiger charge is -2.17. The van der Waals surface area contributed by atoms with Crippen LogP contribution in [0.15, 0.2) is 24.3 Å². The molecule has 0 spiro atoms. The third-order valence-electron chi connectivity index (χ3n) is 2.54. The maximum atomic E-state index is 10.8. The van der Waals surface area contributed by atoms with Crippen LogP contribution in [0, 0.1) is 5.92 Å². The molecule has 16 heavy (non-hydrogen) atoms. The van der Waals surface area contributed by atoms with Gasteiger partial charge in [0.1, 0.15) is 5.75 Å². The minimum atomic E-state index is -0.779. The molecule has 1 rings (SSSR count). The molecule has 3 nitrogen and oxygen atoms in total. The third kappa shape index (κ3) is 3.93. The summed E-state index contributed by atoms with van der Waals surface area (Å²) >= 11 is 0. The Bertz CT molecular complexity index is 341. The van der Waals surface area contributed by atoms with E-state index in [1.165, 1.54) is 0 Å². The molecule has 1 atom stereocenters. The quantitative estimate of drug-likeness (QED) is 0.805. The molecule has 0 amide bonds. The molecule has 1 aromatic rings. The third-order valence-corrected chi connectivity index (χ3v) is 2.54. The van der Waals surface area contributed by atoms with Gasteiger partial charge >= 0.3 is 5.97 Å². The number of phenolic OH excluding ortho intramolecular Hbond substituents is 1. The Morgan fingerprint density at radius 3 is 2.25 bits per heavy atom. The van der Waals surface area contributed by atoms with E-state index in [9.17, 15) is 9.90 Å². The van der Waals surface area contributed by atoms with E-state index in [4.69, 9.17) is 5.11 Å². The zero-order valence-corrected chi connectivity index (χ0v) is 9.68. The van der Waals surface area contributed by atoms with E-state index in [1.54, 1.807) is 24.3 Å². The molecule has 0 aliphatic heterocycles. The summed E-state index contributed by atoms with van der Waals surface area (Å²) < 4.78 is 0. The Labute approximate surface area is 95.7 Å². The van der Waals surface area contributed by atoms with Gasteiger partial charge in [0.25, 0.3) is 0 Å². The first-order valence-electron chi connectivity index (χ1n) is 5.49. The highest BCUT2D eigenvalue weighted by molar-refractivity contribution is 5.68. The fraction of sp³-hybridized carbons (Fsp3) is 0.462. The average molecular weight is 222 g/mol. The smallest absolute Gasteiger partial charge is 0.303 e. The Morgan fingerprint density at radius 1 is 1.25 bits per heavy atom. The van der Waals surface area contributed by atoms with E-state index in [-0.39, 0.29) is 18.1 Å². The van der Waals surface area contributed by atoms with Crippen molar-refractivity contribution < 1.29 is 15.0 Å². The van der Waals surface area contributed by atoms with Crippen LogP contribution in [0.25, 0.3) is 0 Å². The number of hydrogen-bond acceptors (Lipinski definition) is 2. The maximum Gasteiger partial charge on any atom is 0.303 e. The molecule has 2 N–H and O–H groups in total. The maximum absolute atomic E-state index is 10.8. The molecule has 0 bridgehead atoms. The van der Waals surface area contributed by atoms with Crippen LogP contribution in [-0.4, -0.2) is 16.2 Å². The van der Waals surface area contributed by atoms with E-state index in [1.807, 2.05) is 0 Å². The van der Waals surface area contributed by atoms with Crippen molar-refractivity contribution in [1.82, 2.24) is 0 Å². The topological polar surface area (TPSA) is 57.5 Å². The molecule has 0 radical (unpaired) electrons. The van der Waals surface area contributed by atoms with E-state index in [0.717, 1.165) is 12.0 Å². The predicted molar refractivity (Wildman–Crippen MR) is 62.6 cm³/mol. The van der Waals surface area contributed by atoms with Gasteiger partial charge < -0.3 is 10.2 Å². The number of carbonyl (C=O) groups is 1. The van der Waals surface area contributed by atoms with E-state index >= 15 is 0 Å². The lowest BCUT2D eigenvalue weighted by molar-refractivity contribution is -0.137. The fourth-order valence-corrected chi connectivity index (χ4v) is 1.86. The van der Waals surface area contributed by atoms with Crippen LogP contribution < -0.4 is 0 Å². The van der Waals surface area contributed by atoms with E-state index in [0.29, 0.717) is 5.92 Å². The lowest BCUT2D eigenvalue weighted by Crippen LogP contribution is -2.09. The van der Waals surface area contributed by atoms with E-state index < -0.39 is 5.97 Å². The molecule has 0 fully saturated rings. The Hall–Kier alpha value is -1.51. The average Bonchev–Trinajstić information content (AvgIpc) is 2.16. The molecule has 0 heterocycles. The molecule has 88 valence electrons. The van der Waals surface area contributed by atoms with Crippen molar-refractivity contribution >= 4 is 5.97 Å². The number of aliphatic carboxylic acids is 1. The van der Waals surface area contributed by atoms with Gasteiger partial charge in [-0.15, -0.1) is 0 Å². The molecule has 0 aromatic heterocycles. The van der Waals surface area contributed by atoms with Crippen molar-refractivity contribution in [2.75, 3.05) is 0 Å². The summed E-state index contributed by atoms with van der Waals surface area (Å²) in [6.45, 7) is 4.16. The number of benzene rings is 1. The SMILES string of the molecule is CC(C)CC(CC(=O)O)c1ccc(O)cc1. The molecular formula is C13H18O3. The van der Waals surface area contributed by atoms with Crippen LogP contribution >= 0.6 is 0 Å². The standard InChI is InChI=1S/C13H18O3/c1-9(2)7-11(8-13(15)16)10-3-5-12(14)6-4-10/h3-6,9,11,14H,7-8H2,1-2H3,(H,15,16).